The predicted octanol–water partition coefficient (Wildman–Crippen LogP) is 3.28. The van der Waals surface area contributed by atoms with Gasteiger partial charge in [-0.05, 0) is 23.6 Å². The van der Waals surface area contributed by atoms with Gasteiger partial charge in [-0.2, -0.15) is 0 Å². The maximum Gasteiger partial charge on any atom is 0.257 e. The van der Waals surface area contributed by atoms with Gasteiger partial charge in [0.15, 0.2) is 11.0 Å². The van der Waals surface area contributed by atoms with Crippen molar-refractivity contribution in [1.82, 2.24) is 29.9 Å². The molecule has 0 unspecified atom stereocenters. The molecule has 0 bridgehead atoms. The number of aromatic nitrogens is 6. The lowest BCUT2D eigenvalue weighted by molar-refractivity contribution is 0.529. The van der Waals surface area contributed by atoms with Crippen LogP contribution in [-0.4, -0.2) is 29.9 Å². The first kappa shape index (κ1) is 15.0. The number of rotatable bonds is 5. The predicted molar refractivity (Wildman–Crippen MR) is 91.4 cm³/mol. The molecule has 120 valence electrons. The van der Waals surface area contributed by atoms with Crippen LogP contribution in [0.1, 0.15) is 5.89 Å². The summed E-state index contributed by atoms with van der Waals surface area (Å²) in [4.78, 5) is 5.08. The van der Waals surface area contributed by atoms with Crippen LogP contribution < -0.4 is 0 Å². The van der Waals surface area contributed by atoms with Crippen LogP contribution in [0.4, 0.5) is 0 Å². The van der Waals surface area contributed by atoms with Crippen LogP contribution in [-0.2, 0) is 12.8 Å². The van der Waals surface area contributed by atoms with Gasteiger partial charge in [0, 0.05) is 25.0 Å². The Balaban J connectivity index is 1.48. The maximum atomic E-state index is 5.68. The van der Waals surface area contributed by atoms with Crippen LogP contribution in [0.3, 0.4) is 0 Å². The molecule has 0 aliphatic rings. The maximum absolute atomic E-state index is 5.68. The standard InChI is InChI=1S/C15H12N6OS2/c1-21-13(10-4-2-6-16-8-10)18-20-15(21)24-9-12-17-19-14(22-12)11-5-3-7-23-11/h2-8H,9H2,1H3. The summed E-state index contributed by atoms with van der Waals surface area (Å²) in [6.45, 7) is 0. The van der Waals surface area contributed by atoms with Crippen molar-refractivity contribution in [3.05, 3.63) is 47.9 Å². The number of thiophene rings is 1. The van der Waals surface area contributed by atoms with E-state index in [0.717, 1.165) is 21.4 Å². The fourth-order valence-corrected chi connectivity index (χ4v) is 3.52. The van der Waals surface area contributed by atoms with E-state index in [1.807, 2.05) is 41.3 Å². The van der Waals surface area contributed by atoms with Crippen molar-refractivity contribution in [3.8, 4) is 22.2 Å². The number of nitrogens with zero attached hydrogens (tertiary/aromatic N) is 6. The molecule has 0 N–H and O–H groups in total. The molecule has 4 aromatic rings. The second kappa shape index (κ2) is 6.54. The molecule has 0 radical (unpaired) electrons. The molecule has 0 aromatic carbocycles. The smallest absolute Gasteiger partial charge is 0.257 e. The van der Waals surface area contributed by atoms with E-state index in [0.29, 0.717) is 17.5 Å². The van der Waals surface area contributed by atoms with Crippen LogP contribution in [0.25, 0.3) is 22.2 Å². The molecule has 4 rings (SSSR count). The van der Waals surface area contributed by atoms with E-state index in [9.17, 15) is 0 Å². The summed E-state index contributed by atoms with van der Waals surface area (Å²) in [6, 6.07) is 7.74. The van der Waals surface area contributed by atoms with Crippen LogP contribution in [0.2, 0.25) is 0 Å². The minimum atomic E-state index is 0.539. The van der Waals surface area contributed by atoms with Crippen LogP contribution in [0.5, 0.6) is 0 Å². The highest BCUT2D eigenvalue weighted by Crippen LogP contribution is 2.27. The summed E-state index contributed by atoms with van der Waals surface area (Å²) >= 11 is 3.07. The first-order chi connectivity index (χ1) is 11.8. The van der Waals surface area contributed by atoms with Gasteiger partial charge in [0.25, 0.3) is 5.89 Å². The number of hydrogen-bond donors (Lipinski definition) is 0. The van der Waals surface area contributed by atoms with Gasteiger partial charge < -0.3 is 8.98 Å². The van der Waals surface area contributed by atoms with Gasteiger partial charge in [-0.25, -0.2) is 0 Å². The lowest BCUT2D eigenvalue weighted by Crippen LogP contribution is -1.95. The highest BCUT2D eigenvalue weighted by molar-refractivity contribution is 7.98. The third-order valence-electron chi connectivity index (χ3n) is 3.28. The quantitative estimate of drug-likeness (QED) is 0.507. The number of hydrogen-bond acceptors (Lipinski definition) is 8. The van der Waals surface area contributed by atoms with Gasteiger partial charge in [-0.1, -0.05) is 17.8 Å². The molecule has 0 spiro atoms. The normalized spacial score (nSPS) is 11.0. The average molecular weight is 356 g/mol. The lowest BCUT2D eigenvalue weighted by Gasteiger charge is -2.02. The Kier molecular flexibility index (Phi) is 4.09. The molecule has 4 aromatic heterocycles. The van der Waals surface area contributed by atoms with Crippen molar-refractivity contribution >= 4 is 23.1 Å². The molecule has 0 amide bonds. The average Bonchev–Trinajstić information content (AvgIpc) is 3.35. The zero-order chi connectivity index (χ0) is 16.4. The van der Waals surface area contributed by atoms with Crippen LogP contribution in [0.15, 0.2) is 51.6 Å². The molecule has 0 saturated carbocycles. The topological polar surface area (TPSA) is 82.5 Å². The van der Waals surface area contributed by atoms with Crippen molar-refractivity contribution in [3.63, 3.8) is 0 Å². The third kappa shape index (κ3) is 2.95. The zero-order valence-electron chi connectivity index (χ0n) is 12.7. The Morgan fingerprint density at radius 3 is 2.92 bits per heavy atom. The largest absolute Gasteiger partial charge is 0.419 e. The second-order valence-corrected chi connectivity index (χ2v) is 6.76. The monoisotopic (exact) mass is 356 g/mol. The molecule has 9 heteroatoms. The summed E-state index contributed by atoms with van der Waals surface area (Å²) in [5.41, 5.74) is 0.928. The summed E-state index contributed by atoms with van der Waals surface area (Å²) in [5, 5.41) is 19.4. The van der Waals surface area contributed by atoms with Gasteiger partial charge in [-0.15, -0.1) is 31.7 Å². The van der Waals surface area contributed by atoms with Gasteiger partial charge in [0.2, 0.25) is 5.89 Å². The molecule has 4 heterocycles. The first-order valence-corrected chi connectivity index (χ1v) is 8.96. The Bertz CT molecular complexity index is 932. The summed E-state index contributed by atoms with van der Waals surface area (Å²) in [6.07, 6.45) is 3.50. The van der Waals surface area contributed by atoms with Crippen molar-refractivity contribution < 1.29 is 4.42 Å². The van der Waals surface area contributed by atoms with E-state index in [4.69, 9.17) is 4.42 Å². The van der Waals surface area contributed by atoms with E-state index >= 15 is 0 Å². The zero-order valence-corrected chi connectivity index (χ0v) is 14.3. The Morgan fingerprint density at radius 1 is 1.17 bits per heavy atom. The summed E-state index contributed by atoms with van der Waals surface area (Å²) < 4.78 is 7.61. The molecule has 0 aliphatic carbocycles. The molecule has 7 nitrogen and oxygen atoms in total. The second-order valence-electron chi connectivity index (χ2n) is 4.87. The van der Waals surface area contributed by atoms with Crippen molar-refractivity contribution in [2.24, 2.45) is 7.05 Å². The molecule has 24 heavy (non-hydrogen) atoms. The molecule has 0 aliphatic heterocycles. The molecule has 0 atom stereocenters. The SMILES string of the molecule is Cn1c(SCc2nnc(-c3cccs3)o2)nnc1-c1cccnc1. The Morgan fingerprint density at radius 2 is 2.12 bits per heavy atom. The minimum absolute atomic E-state index is 0.539. The lowest BCUT2D eigenvalue weighted by atomic mass is 10.3. The number of pyridine rings is 1. The van der Waals surface area contributed by atoms with Crippen molar-refractivity contribution in [2.45, 2.75) is 10.9 Å². The third-order valence-corrected chi connectivity index (χ3v) is 5.14. The molecular weight excluding hydrogens is 344 g/mol. The van der Waals surface area contributed by atoms with E-state index < -0.39 is 0 Å². The Labute approximate surface area is 145 Å². The van der Waals surface area contributed by atoms with Crippen molar-refractivity contribution in [2.75, 3.05) is 0 Å². The van der Waals surface area contributed by atoms with E-state index in [2.05, 4.69) is 25.4 Å². The van der Waals surface area contributed by atoms with Crippen LogP contribution in [0, 0.1) is 0 Å². The highest BCUT2D eigenvalue weighted by Gasteiger charge is 2.14. The summed E-state index contributed by atoms with van der Waals surface area (Å²) in [7, 11) is 1.93. The van der Waals surface area contributed by atoms with Gasteiger partial charge in [-0.3, -0.25) is 4.98 Å². The summed E-state index contributed by atoms with van der Waals surface area (Å²) in [5.74, 6) is 2.43. The molecule has 0 fully saturated rings. The van der Waals surface area contributed by atoms with Crippen molar-refractivity contribution in [1.29, 1.82) is 0 Å². The number of thioether (sulfide) groups is 1. The van der Waals surface area contributed by atoms with Gasteiger partial charge >= 0.3 is 0 Å². The fourth-order valence-electron chi connectivity index (χ4n) is 2.13. The molecule has 0 saturated heterocycles. The highest BCUT2D eigenvalue weighted by atomic mass is 32.2. The first-order valence-electron chi connectivity index (χ1n) is 7.10. The van der Waals surface area contributed by atoms with Crippen LogP contribution >= 0.6 is 23.1 Å². The van der Waals surface area contributed by atoms with E-state index in [1.54, 1.807) is 23.7 Å². The van der Waals surface area contributed by atoms with E-state index in [1.165, 1.54) is 11.8 Å². The fraction of sp³-hybridized carbons (Fsp3) is 0.133. The van der Waals surface area contributed by atoms with Gasteiger partial charge in [0.05, 0.1) is 10.6 Å². The minimum Gasteiger partial charge on any atom is -0.419 e. The van der Waals surface area contributed by atoms with E-state index in [-0.39, 0.29) is 0 Å². The van der Waals surface area contributed by atoms with Gasteiger partial charge in [0.1, 0.15) is 0 Å². The Hall–Kier alpha value is -2.52. The molecular formula is C15H12N6OS2.